The number of ether oxygens (including phenoxy) is 1. The minimum atomic E-state index is -0.295. The molecule has 0 amide bonds. The van der Waals surface area contributed by atoms with Crippen molar-refractivity contribution >= 4 is 15.9 Å². The van der Waals surface area contributed by atoms with Crippen LogP contribution < -0.4 is 10.5 Å². The van der Waals surface area contributed by atoms with E-state index in [1.54, 1.807) is 12.4 Å². The molecule has 0 radical (unpaired) electrons. The molecule has 1 atom stereocenters. The maximum Gasteiger partial charge on any atom is 0.136 e. The largest absolute Gasteiger partial charge is 0.490 e. The van der Waals surface area contributed by atoms with Gasteiger partial charge in [-0.1, -0.05) is 13.8 Å². The van der Waals surface area contributed by atoms with Crippen LogP contribution in [0.2, 0.25) is 0 Å². The van der Waals surface area contributed by atoms with E-state index >= 15 is 0 Å². The van der Waals surface area contributed by atoms with Gasteiger partial charge in [0, 0.05) is 17.9 Å². The molecule has 0 unspecified atom stereocenters. The molecule has 0 aliphatic rings. The van der Waals surface area contributed by atoms with E-state index in [2.05, 4.69) is 34.8 Å². The van der Waals surface area contributed by atoms with Crippen LogP contribution in [0.4, 0.5) is 0 Å². The minimum Gasteiger partial charge on any atom is -0.490 e. The molecule has 0 aliphatic carbocycles. The van der Waals surface area contributed by atoms with Crippen molar-refractivity contribution in [2.75, 3.05) is 6.61 Å². The summed E-state index contributed by atoms with van der Waals surface area (Å²) in [7, 11) is 0. The Kier molecular flexibility index (Phi) is 4.74. The molecule has 0 fully saturated rings. The zero-order chi connectivity index (χ0) is 12.2. The lowest BCUT2D eigenvalue weighted by Crippen LogP contribution is -2.43. The molecule has 0 spiro atoms. The van der Waals surface area contributed by atoms with Gasteiger partial charge in [-0.05, 0) is 41.3 Å². The van der Waals surface area contributed by atoms with Gasteiger partial charge in [0.1, 0.15) is 12.4 Å². The molecule has 1 aromatic heterocycles. The highest BCUT2D eigenvalue weighted by Gasteiger charge is 2.21. The Morgan fingerprint density at radius 3 is 2.81 bits per heavy atom. The summed E-state index contributed by atoms with van der Waals surface area (Å²) in [5.74, 6) is 1.36. The highest BCUT2D eigenvalue weighted by atomic mass is 79.9. The predicted molar refractivity (Wildman–Crippen MR) is 69.5 cm³/mol. The molecular weight excluding hydrogens is 268 g/mol. The smallest absolute Gasteiger partial charge is 0.136 e. The van der Waals surface area contributed by atoms with Crippen LogP contribution in [0.3, 0.4) is 0 Å². The fourth-order valence-corrected chi connectivity index (χ4v) is 2.08. The monoisotopic (exact) mass is 286 g/mol. The van der Waals surface area contributed by atoms with Gasteiger partial charge in [0.2, 0.25) is 0 Å². The third-order valence-corrected chi connectivity index (χ3v) is 2.76. The minimum absolute atomic E-state index is 0.295. The number of aromatic nitrogens is 1. The molecule has 0 bridgehead atoms. The molecule has 4 heteroatoms. The van der Waals surface area contributed by atoms with Crippen LogP contribution in [0.5, 0.6) is 5.75 Å². The second-order valence-electron chi connectivity index (χ2n) is 4.85. The normalized spacial score (nSPS) is 14.9. The van der Waals surface area contributed by atoms with Crippen molar-refractivity contribution in [3.05, 3.63) is 22.9 Å². The van der Waals surface area contributed by atoms with E-state index in [4.69, 9.17) is 10.5 Å². The molecular formula is C12H19BrN2O. The van der Waals surface area contributed by atoms with Gasteiger partial charge < -0.3 is 10.5 Å². The Hall–Kier alpha value is -0.610. The van der Waals surface area contributed by atoms with Gasteiger partial charge in [-0.15, -0.1) is 0 Å². The predicted octanol–water partition coefficient (Wildman–Crippen LogP) is 2.99. The number of hydrogen-bond donors (Lipinski definition) is 1. The first-order valence-electron chi connectivity index (χ1n) is 5.42. The first kappa shape index (κ1) is 13.5. The first-order chi connectivity index (χ1) is 7.41. The first-order valence-corrected chi connectivity index (χ1v) is 6.21. The lowest BCUT2D eigenvalue weighted by molar-refractivity contribution is 0.205. The van der Waals surface area contributed by atoms with Crippen LogP contribution >= 0.6 is 15.9 Å². The van der Waals surface area contributed by atoms with E-state index in [9.17, 15) is 0 Å². The van der Waals surface area contributed by atoms with Crippen LogP contribution in [0, 0.1) is 5.92 Å². The molecule has 1 rings (SSSR count). The Morgan fingerprint density at radius 2 is 2.25 bits per heavy atom. The van der Waals surface area contributed by atoms with Crippen molar-refractivity contribution in [2.24, 2.45) is 11.7 Å². The van der Waals surface area contributed by atoms with Crippen molar-refractivity contribution < 1.29 is 4.74 Å². The number of rotatable bonds is 5. The number of pyridine rings is 1. The van der Waals surface area contributed by atoms with E-state index in [-0.39, 0.29) is 5.54 Å². The van der Waals surface area contributed by atoms with Crippen LogP contribution in [0.25, 0.3) is 0 Å². The molecule has 0 saturated heterocycles. The molecule has 0 aromatic carbocycles. The van der Waals surface area contributed by atoms with Crippen molar-refractivity contribution in [2.45, 2.75) is 32.7 Å². The number of halogens is 1. The summed E-state index contributed by atoms with van der Waals surface area (Å²) in [6.07, 6.45) is 4.36. The Labute approximate surface area is 106 Å². The molecule has 0 saturated carbocycles. The van der Waals surface area contributed by atoms with Gasteiger partial charge in [0.15, 0.2) is 0 Å². The van der Waals surface area contributed by atoms with Crippen molar-refractivity contribution in [1.82, 2.24) is 4.98 Å². The fourth-order valence-electron chi connectivity index (χ4n) is 1.71. The molecule has 16 heavy (non-hydrogen) atoms. The number of hydrogen-bond acceptors (Lipinski definition) is 3. The Bertz CT molecular complexity index is 340. The van der Waals surface area contributed by atoms with E-state index in [0.717, 1.165) is 16.6 Å². The molecule has 1 heterocycles. The quantitative estimate of drug-likeness (QED) is 0.905. The average molecular weight is 287 g/mol. The summed E-state index contributed by atoms with van der Waals surface area (Å²) in [6.45, 7) is 6.84. The van der Waals surface area contributed by atoms with Crippen LogP contribution in [0.1, 0.15) is 27.2 Å². The maximum atomic E-state index is 6.16. The van der Waals surface area contributed by atoms with Gasteiger partial charge in [-0.3, -0.25) is 4.98 Å². The third kappa shape index (κ3) is 4.49. The molecule has 3 nitrogen and oxygen atoms in total. The highest BCUT2D eigenvalue weighted by Crippen LogP contribution is 2.24. The highest BCUT2D eigenvalue weighted by molar-refractivity contribution is 9.10. The second kappa shape index (κ2) is 5.64. The summed E-state index contributed by atoms with van der Waals surface area (Å²) in [5.41, 5.74) is 5.86. The summed E-state index contributed by atoms with van der Waals surface area (Å²) in [6, 6.07) is 1.83. The standard InChI is InChI=1S/C12H19BrN2O/c1-9(2)6-12(3,14)8-16-11-4-5-15-7-10(11)13/h4-5,7,9H,6,8,14H2,1-3H3/t12-/m0/s1. The van der Waals surface area contributed by atoms with Gasteiger partial charge in [0.05, 0.1) is 4.47 Å². The fraction of sp³-hybridized carbons (Fsp3) is 0.583. The lowest BCUT2D eigenvalue weighted by atomic mass is 9.93. The van der Waals surface area contributed by atoms with Crippen LogP contribution in [-0.4, -0.2) is 17.1 Å². The van der Waals surface area contributed by atoms with E-state index < -0.39 is 0 Å². The van der Waals surface area contributed by atoms with E-state index in [1.165, 1.54) is 0 Å². The number of nitrogens with zero attached hydrogens (tertiary/aromatic N) is 1. The Morgan fingerprint density at radius 1 is 1.56 bits per heavy atom. The molecule has 2 N–H and O–H groups in total. The van der Waals surface area contributed by atoms with Gasteiger partial charge in [-0.2, -0.15) is 0 Å². The second-order valence-corrected chi connectivity index (χ2v) is 5.70. The average Bonchev–Trinajstić information content (AvgIpc) is 2.14. The Balaban J connectivity index is 2.54. The summed E-state index contributed by atoms with van der Waals surface area (Å²) in [4.78, 5) is 3.98. The summed E-state index contributed by atoms with van der Waals surface area (Å²) >= 11 is 3.39. The van der Waals surface area contributed by atoms with Gasteiger partial charge in [-0.25, -0.2) is 0 Å². The number of nitrogens with two attached hydrogens (primary N) is 1. The zero-order valence-electron chi connectivity index (χ0n) is 10.0. The summed E-state index contributed by atoms with van der Waals surface area (Å²) in [5, 5.41) is 0. The summed E-state index contributed by atoms with van der Waals surface area (Å²) < 4.78 is 6.55. The van der Waals surface area contributed by atoms with Gasteiger partial charge >= 0.3 is 0 Å². The SMILES string of the molecule is CC(C)C[C@](C)(N)COc1ccncc1Br. The lowest BCUT2D eigenvalue weighted by Gasteiger charge is -2.26. The van der Waals surface area contributed by atoms with Crippen molar-refractivity contribution in [3.8, 4) is 5.75 Å². The van der Waals surface area contributed by atoms with Crippen molar-refractivity contribution in [3.63, 3.8) is 0 Å². The molecule has 90 valence electrons. The topological polar surface area (TPSA) is 48.1 Å². The van der Waals surface area contributed by atoms with Crippen molar-refractivity contribution in [1.29, 1.82) is 0 Å². The van der Waals surface area contributed by atoms with E-state index in [1.807, 2.05) is 13.0 Å². The van der Waals surface area contributed by atoms with Gasteiger partial charge in [0.25, 0.3) is 0 Å². The maximum absolute atomic E-state index is 6.16. The molecule has 0 aliphatic heterocycles. The molecule has 1 aromatic rings. The zero-order valence-corrected chi connectivity index (χ0v) is 11.6. The third-order valence-electron chi connectivity index (χ3n) is 2.17. The van der Waals surface area contributed by atoms with Crippen LogP contribution in [-0.2, 0) is 0 Å². The van der Waals surface area contributed by atoms with E-state index in [0.29, 0.717) is 12.5 Å². The van der Waals surface area contributed by atoms with Crippen LogP contribution in [0.15, 0.2) is 22.9 Å².